The highest BCUT2D eigenvalue weighted by molar-refractivity contribution is 6.31. The fourth-order valence-corrected chi connectivity index (χ4v) is 4.08. The third-order valence-electron chi connectivity index (χ3n) is 5.92. The highest BCUT2D eigenvalue weighted by Gasteiger charge is 2.24. The third-order valence-corrected chi connectivity index (χ3v) is 6.15. The lowest BCUT2D eigenvalue weighted by Gasteiger charge is -2.19. The van der Waals surface area contributed by atoms with E-state index in [4.69, 9.17) is 35.0 Å². The zero-order valence-corrected chi connectivity index (χ0v) is 22.2. The highest BCUT2D eigenvalue weighted by atomic mass is 35.5. The van der Waals surface area contributed by atoms with Crippen molar-refractivity contribution < 1.29 is 28.2 Å². The highest BCUT2D eigenvalue weighted by Crippen LogP contribution is 2.39. The molecule has 0 N–H and O–H groups in total. The molecule has 0 atom stereocenters. The Balaban J connectivity index is 1.87. The second-order valence-corrected chi connectivity index (χ2v) is 9.80. The molecule has 0 fully saturated rings. The van der Waals surface area contributed by atoms with Crippen molar-refractivity contribution in [1.82, 2.24) is 0 Å². The molecule has 0 amide bonds. The van der Waals surface area contributed by atoms with Crippen molar-refractivity contribution in [2.45, 2.75) is 26.2 Å². The van der Waals surface area contributed by atoms with Gasteiger partial charge in [0.05, 0.1) is 32.3 Å². The van der Waals surface area contributed by atoms with E-state index in [1.807, 2.05) is 24.3 Å². The van der Waals surface area contributed by atoms with Crippen LogP contribution in [0.4, 0.5) is 0 Å². The van der Waals surface area contributed by atoms with E-state index in [0.717, 1.165) is 5.56 Å². The summed E-state index contributed by atoms with van der Waals surface area (Å²) in [7, 11) is 4.34. The van der Waals surface area contributed by atoms with Gasteiger partial charge in [-0.1, -0.05) is 56.6 Å². The van der Waals surface area contributed by atoms with E-state index in [2.05, 4.69) is 20.8 Å². The second kappa shape index (κ2) is 10.2. The van der Waals surface area contributed by atoms with Crippen LogP contribution in [0.25, 0.3) is 22.3 Å². The van der Waals surface area contributed by atoms with Crippen LogP contribution in [0, 0.1) is 0 Å². The van der Waals surface area contributed by atoms with Gasteiger partial charge in [-0.2, -0.15) is 0 Å². The zero-order chi connectivity index (χ0) is 26.9. The van der Waals surface area contributed by atoms with Gasteiger partial charge in [-0.15, -0.1) is 0 Å². The summed E-state index contributed by atoms with van der Waals surface area (Å²) in [4.78, 5) is 26.8. The smallest absolute Gasteiger partial charge is 0.344 e. The number of benzene rings is 3. The van der Waals surface area contributed by atoms with Crippen molar-refractivity contribution in [3.05, 3.63) is 81.0 Å². The summed E-state index contributed by atoms with van der Waals surface area (Å²) in [5, 5.41) is 0.541. The fourth-order valence-electron chi connectivity index (χ4n) is 3.91. The van der Waals surface area contributed by atoms with Crippen LogP contribution in [0.5, 0.6) is 23.0 Å². The van der Waals surface area contributed by atoms with Crippen molar-refractivity contribution in [2.75, 3.05) is 21.3 Å². The van der Waals surface area contributed by atoms with Gasteiger partial charge in [0, 0.05) is 10.6 Å². The molecule has 1 aromatic heterocycles. The molecule has 0 bridgehead atoms. The van der Waals surface area contributed by atoms with Crippen LogP contribution in [0.1, 0.15) is 36.7 Å². The molecule has 4 rings (SSSR count). The molecule has 37 heavy (non-hydrogen) atoms. The number of methoxy groups -OCH3 is 3. The normalized spacial score (nSPS) is 11.3. The molecule has 0 aliphatic heterocycles. The van der Waals surface area contributed by atoms with Crippen molar-refractivity contribution in [1.29, 1.82) is 0 Å². The van der Waals surface area contributed by atoms with Gasteiger partial charge in [0.25, 0.3) is 0 Å². The standard InChI is InChI=1S/C29H27ClO7/c1-29(2,3)18-9-7-16(8-10-18)25-27(24(31)20-15-19(30)11-12-21(20)36-25)37-28(32)17-13-22(33-4)26(35-6)23(14-17)34-5/h7-15H,1-6H3. The number of hydrogen-bond donors (Lipinski definition) is 0. The van der Waals surface area contributed by atoms with Crippen LogP contribution in [0.2, 0.25) is 5.02 Å². The molecule has 192 valence electrons. The van der Waals surface area contributed by atoms with Gasteiger partial charge in [-0.05, 0) is 41.3 Å². The van der Waals surface area contributed by atoms with Crippen LogP contribution in [0.3, 0.4) is 0 Å². The molecular weight excluding hydrogens is 496 g/mol. The van der Waals surface area contributed by atoms with Gasteiger partial charge in [0.2, 0.25) is 16.9 Å². The summed E-state index contributed by atoms with van der Waals surface area (Å²) < 4.78 is 27.8. The van der Waals surface area contributed by atoms with Gasteiger partial charge >= 0.3 is 5.97 Å². The Morgan fingerprint density at radius 3 is 2.00 bits per heavy atom. The van der Waals surface area contributed by atoms with Crippen molar-refractivity contribution in [3.63, 3.8) is 0 Å². The molecule has 0 saturated heterocycles. The van der Waals surface area contributed by atoms with Crippen LogP contribution in [0.15, 0.2) is 63.8 Å². The summed E-state index contributed by atoms with van der Waals surface area (Å²) >= 11 is 6.13. The Kier molecular flexibility index (Phi) is 7.18. The second-order valence-electron chi connectivity index (χ2n) is 9.36. The molecule has 1 heterocycles. The van der Waals surface area contributed by atoms with Gasteiger partial charge in [-0.25, -0.2) is 4.79 Å². The van der Waals surface area contributed by atoms with E-state index in [0.29, 0.717) is 21.9 Å². The first-order chi connectivity index (χ1) is 17.6. The average molecular weight is 523 g/mol. The molecule has 7 nitrogen and oxygen atoms in total. The molecule has 0 unspecified atom stereocenters. The largest absolute Gasteiger partial charge is 0.493 e. The van der Waals surface area contributed by atoms with E-state index in [1.165, 1.54) is 39.5 Å². The molecule has 4 aromatic rings. The van der Waals surface area contributed by atoms with Gasteiger partial charge in [-0.3, -0.25) is 4.79 Å². The van der Waals surface area contributed by atoms with Crippen LogP contribution >= 0.6 is 11.6 Å². The minimum Gasteiger partial charge on any atom is -0.493 e. The molecule has 0 aliphatic carbocycles. The Hall–Kier alpha value is -3.97. The summed E-state index contributed by atoms with van der Waals surface area (Å²) in [6, 6.07) is 15.2. The van der Waals surface area contributed by atoms with Crippen molar-refractivity contribution in [3.8, 4) is 34.3 Å². The van der Waals surface area contributed by atoms with Gasteiger partial charge < -0.3 is 23.4 Å². The average Bonchev–Trinajstić information content (AvgIpc) is 2.89. The summed E-state index contributed by atoms with van der Waals surface area (Å²) in [5.74, 6) is -0.0760. The first-order valence-electron chi connectivity index (χ1n) is 11.5. The SMILES string of the molecule is COc1cc(C(=O)Oc2c(-c3ccc(C(C)(C)C)cc3)oc3ccc(Cl)cc3c2=O)cc(OC)c1OC. The molecular formula is C29H27ClO7. The zero-order valence-electron chi connectivity index (χ0n) is 21.4. The third kappa shape index (κ3) is 5.13. The first-order valence-corrected chi connectivity index (χ1v) is 11.8. The topological polar surface area (TPSA) is 84.2 Å². The number of rotatable bonds is 6. The number of fused-ring (bicyclic) bond motifs is 1. The number of halogens is 1. The van der Waals surface area contributed by atoms with Crippen LogP contribution in [-0.2, 0) is 5.41 Å². The molecule has 0 spiro atoms. The van der Waals surface area contributed by atoms with E-state index in [9.17, 15) is 9.59 Å². The fraction of sp³-hybridized carbons (Fsp3) is 0.241. The molecule has 0 radical (unpaired) electrons. The lowest BCUT2D eigenvalue weighted by Crippen LogP contribution is -2.17. The van der Waals surface area contributed by atoms with Gasteiger partial charge in [0.1, 0.15) is 5.58 Å². The Labute approximate surface area is 219 Å². The minimum absolute atomic E-state index is 0.0682. The predicted octanol–water partition coefficient (Wildman–Crippen LogP) is 6.66. The quantitative estimate of drug-likeness (QED) is 0.262. The molecule has 0 saturated carbocycles. The van der Waals surface area contributed by atoms with E-state index in [1.54, 1.807) is 12.1 Å². The number of hydrogen-bond acceptors (Lipinski definition) is 7. The summed E-state index contributed by atoms with van der Waals surface area (Å²) in [5.41, 5.74) is 1.49. The van der Waals surface area contributed by atoms with E-state index >= 15 is 0 Å². The maximum absolute atomic E-state index is 13.5. The lowest BCUT2D eigenvalue weighted by atomic mass is 9.86. The maximum atomic E-state index is 13.5. The lowest BCUT2D eigenvalue weighted by molar-refractivity contribution is 0.0730. The van der Waals surface area contributed by atoms with Gasteiger partial charge in [0.15, 0.2) is 17.3 Å². The molecule has 0 aliphatic rings. The molecule has 8 heteroatoms. The Bertz CT molecular complexity index is 1500. The Morgan fingerprint density at radius 1 is 0.838 bits per heavy atom. The van der Waals surface area contributed by atoms with Crippen LogP contribution < -0.4 is 24.4 Å². The van der Waals surface area contributed by atoms with E-state index < -0.39 is 11.4 Å². The maximum Gasteiger partial charge on any atom is 0.344 e. The number of ether oxygens (including phenoxy) is 4. The number of carbonyl (C=O) groups is 1. The Morgan fingerprint density at radius 2 is 1.46 bits per heavy atom. The van der Waals surface area contributed by atoms with Crippen molar-refractivity contribution >= 4 is 28.5 Å². The summed E-state index contributed by atoms with van der Waals surface area (Å²) in [6.07, 6.45) is 0. The first kappa shape index (κ1) is 26.1. The number of carbonyl (C=O) groups excluding carboxylic acids is 1. The number of esters is 1. The monoisotopic (exact) mass is 522 g/mol. The van der Waals surface area contributed by atoms with Crippen molar-refractivity contribution in [2.24, 2.45) is 0 Å². The minimum atomic E-state index is -0.805. The predicted molar refractivity (Wildman–Crippen MR) is 143 cm³/mol. The molecule has 3 aromatic carbocycles. The van der Waals surface area contributed by atoms with Crippen LogP contribution in [-0.4, -0.2) is 27.3 Å². The summed E-state index contributed by atoms with van der Waals surface area (Å²) in [6.45, 7) is 6.31. The van der Waals surface area contributed by atoms with E-state index in [-0.39, 0.29) is 39.4 Å².